The molecule has 156 valence electrons. The summed E-state index contributed by atoms with van der Waals surface area (Å²) in [6, 6.07) is 11.6. The van der Waals surface area contributed by atoms with Gasteiger partial charge in [-0.2, -0.15) is 10.1 Å². The third-order valence-electron chi connectivity index (χ3n) is 4.77. The summed E-state index contributed by atoms with van der Waals surface area (Å²) in [5.41, 5.74) is -3.35. The topological polar surface area (TPSA) is 65.8 Å². The highest BCUT2D eigenvalue weighted by Gasteiger charge is 2.53. The number of hydrazone groups is 1. The van der Waals surface area contributed by atoms with Gasteiger partial charge in [-0.3, -0.25) is 4.79 Å². The molecule has 0 saturated carbocycles. The zero-order valence-corrected chi connectivity index (χ0v) is 16.3. The molecule has 10 heteroatoms. The Kier molecular flexibility index (Phi) is 5.07. The van der Waals surface area contributed by atoms with E-state index in [0.717, 1.165) is 9.75 Å². The number of hydrogen-bond acceptors (Lipinski definition) is 5. The van der Waals surface area contributed by atoms with E-state index >= 15 is 0 Å². The van der Waals surface area contributed by atoms with Crippen molar-refractivity contribution < 1.29 is 27.5 Å². The minimum Gasteiger partial charge on any atom is -0.364 e. The molecule has 0 spiro atoms. The summed E-state index contributed by atoms with van der Waals surface area (Å²) in [6.07, 6.45) is -7.80. The molecule has 4 rings (SSSR count). The molecule has 0 aliphatic carbocycles. The molecule has 1 atom stereocenters. The van der Waals surface area contributed by atoms with E-state index < -0.39 is 36.6 Å². The normalized spacial score (nSPS) is 19.2. The van der Waals surface area contributed by atoms with E-state index in [1.165, 1.54) is 17.4 Å². The average molecular weight is 437 g/mol. The van der Waals surface area contributed by atoms with E-state index in [0.29, 0.717) is 16.6 Å². The molecule has 2 aromatic heterocycles. The monoisotopic (exact) mass is 437 g/mol. The second-order valence-corrected chi connectivity index (χ2v) is 8.14. The van der Waals surface area contributed by atoms with Gasteiger partial charge in [0.2, 0.25) is 5.72 Å². The van der Waals surface area contributed by atoms with Crippen molar-refractivity contribution in [3.63, 3.8) is 0 Å². The Morgan fingerprint density at radius 2 is 1.93 bits per heavy atom. The van der Waals surface area contributed by atoms with Crippen molar-refractivity contribution in [3.8, 4) is 10.6 Å². The largest absolute Gasteiger partial charge is 0.364 e. The van der Waals surface area contributed by atoms with Crippen molar-refractivity contribution in [2.24, 2.45) is 5.10 Å². The average Bonchev–Trinajstić information content (AvgIpc) is 3.31. The third kappa shape index (κ3) is 3.35. The Bertz CT molecular complexity index is 1160. The van der Waals surface area contributed by atoms with Crippen molar-refractivity contribution in [1.82, 2.24) is 9.99 Å². The minimum absolute atomic E-state index is 0.0694. The van der Waals surface area contributed by atoms with Crippen LogP contribution >= 0.6 is 11.3 Å². The quantitative estimate of drug-likeness (QED) is 0.602. The zero-order chi connectivity index (χ0) is 21.6. The van der Waals surface area contributed by atoms with Crippen LogP contribution in [0.25, 0.3) is 21.5 Å². The predicted octanol–water partition coefficient (Wildman–Crippen LogP) is 4.69. The van der Waals surface area contributed by atoms with Crippen LogP contribution in [0.2, 0.25) is 0 Å². The van der Waals surface area contributed by atoms with Crippen molar-refractivity contribution in [1.29, 1.82) is 0 Å². The molecule has 1 aliphatic rings. The van der Waals surface area contributed by atoms with Crippen LogP contribution in [0.1, 0.15) is 21.7 Å². The highest BCUT2D eigenvalue weighted by atomic mass is 32.1. The molecule has 3 aromatic rings. The molecule has 0 unspecified atom stereocenters. The maximum atomic E-state index is 13.6. The van der Waals surface area contributed by atoms with Crippen LogP contribution < -0.4 is 0 Å². The SMILES string of the molecule is Cc1ccc(-c2cc(C(=O)N3N=C(C(F)F)C[C@]3(O)C(F)F)c3ccccc3n2)s1. The van der Waals surface area contributed by atoms with E-state index in [1.807, 2.05) is 19.1 Å². The Labute approximate surface area is 172 Å². The lowest BCUT2D eigenvalue weighted by atomic mass is 10.0. The van der Waals surface area contributed by atoms with Crippen LogP contribution in [0.3, 0.4) is 0 Å². The Morgan fingerprint density at radius 3 is 2.57 bits per heavy atom. The number of carbonyl (C=O) groups excluding carboxylic acids is 1. The number of amides is 1. The van der Waals surface area contributed by atoms with Crippen molar-refractivity contribution in [2.45, 2.75) is 31.9 Å². The standard InChI is InChI=1S/C20H15F4N3O2S/c1-10-6-7-16(30-10)14-8-12(11-4-2-3-5-13(11)25-14)18(28)27-20(29,19(23)24)9-15(26-27)17(21)22/h2-8,17,19,29H,9H2,1H3/t20-/m0/s1. The van der Waals surface area contributed by atoms with Gasteiger partial charge in [-0.1, -0.05) is 18.2 Å². The summed E-state index contributed by atoms with van der Waals surface area (Å²) >= 11 is 1.43. The molecule has 0 saturated heterocycles. The third-order valence-corrected chi connectivity index (χ3v) is 5.79. The Balaban J connectivity index is 1.88. The molecular weight excluding hydrogens is 422 g/mol. The lowest BCUT2D eigenvalue weighted by Gasteiger charge is -2.30. The highest BCUT2D eigenvalue weighted by Crippen LogP contribution is 2.36. The summed E-state index contributed by atoms with van der Waals surface area (Å²) in [5, 5.41) is 14.1. The number of aliphatic hydroxyl groups is 1. The minimum atomic E-state index is -3.49. The van der Waals surface area contributed by atoms with Gasteiger partial charge in [0.15, 0.2) is 0 Å². The number of hydrogen-bond donors (Lipinski definition) is 1. The van der Waals surface area contributed by atoms with Crippen LogP contribution in [-0.2, 0) is 0 Å². The number of alkyl halides is 4. The second-order valence-electron chi connectivity index (χ2n) is 6.85. The number of benzene rings is 1. The molecule has 3 heterocycles. The van der Waals surface area contributed by atoms with Gasteiger partial charge in [0.25, 0.3) is 18.8 Å². The van der Waals surface area contributed by atoms with Crippen molar-refractivity contribution in [3.05, 3.63) is 52.9 Å². The number of fused-ring (bicyclic) bond motifs is 1. The van der Waals surface area contributed by atoms with Crippen LogP contribution in [0.15, 0.2) is 47.6 Å². The first-order chi connectivity index (χ1) is 14.2. The van der Waals surface area contributed by atoms with Crippen LogP contribution in [0.4, 0.5) is 17.6 Å². The molecular formula is C20H15F4N3O2S. The fourth-order valence-corrected chi connectivity index (χ4v) is 4.10. The molecule has 1 aromatic carbocycles. The predicted molar refractivity (Wildman–Crippen MR) is 105 cm³/mol. The van der Waals surface area contributed by atoms with Crippen LogP contribution in [0, 0.1) is 6.92 Å². The fraction of sp³-hybridized carbons (Fsp3) is 0.250. The highest BCUT2D eigenvalue weighted by molar-refractivity contribution is 7.15. The van der Waals surface area contributed by atoms with Crippen LogP contribution in [0.5, 0.6) is 0 Å². The number of carbonyl (C=O) groups is 1. The summed E-state index contributed by atoms with van der Waals surface area (Å²) < 4.78 is 53.3. The number of rotatable bonds is 4. The number of aromatic nitrogens is 1. The maximum absolute atomic E-state index is 13.6. The molecule has 1 amide bonds. The van der Waals surface area contributed by atoms with Gasteiger partial charge >= 0.3 is 0 Å². The van der Waals surface area contributed by atoms with Gasteiger partial charge < -0.3 is 5.11 Å². The van der Waals surface area contributed by atoms with Gasteiger partial charge in [0.1, 0.15) is 5.71 Å². The van der Waals surface area contributed by atoms with E-state index in [-0.39, 0.29) is 10.6 Å². The number of para-hydroxylation sites is 1. The molecule has 1 N–H and O–H groups in total. The smallest absolute Gasteiger partial charge is 0.287 e. The first kappa shape index (κ1) is 20.4. The number of halogens is 4. The molecule has 0 fully saturated rings. The fourth-order valence-electron chi connectivity index (χ4n) is 3.27. The van der Waals surface area contributed by atoms with Crippen LogP contribution in [-0.4, -0.2) is 45.3 Å². The number of pyridine rings is 1. The summed E-state index contributed by atoms with van der Waals surface area (Å²) in [4.78, 5) is 19.5. The first-order valence-electron chi connectivity index (χ1n) is 8.88. The van der Waals surface area contributed by atoms with E-state index in [4.69, 9.17) is 0 Å². The zero-order valence-electron chi connectivity index (χ0n) is 15.5. The van der Waals surface area contributed by atoms with Gasteiger partial charge in [-0.15, -0.1) is 11.3 Å². The second kappa shape index (κ2) is 7.44. The molecule has 0 bridgehead atoms. The lowest BCUT2D eigenvalue weighted by Crippen LogP contribution is -2.51. The maximum Gasteiger partial charge on any atom is 0.287 e. The lowest BCUT2D eigenvalue weighted by molar-refractivity contribution is -0.164. The Morgan fingerprint density at radius 1 is 1.20 bits per heavy atom. The van der Waals surface area contributed by atoms with Crippen molar-refractivity contribution in [2.75, 3.05) is 0 Å². The van der Waals surface area contributed by atoms with E-state index in [1.54, 1.807) is 24.3 Å². The van der Waals surface area contributed by atoms with Gasteiger partial charge in [-0.05, 0) is 31.2 Å². The molecule has 30 heavy (non-hydrogen) atoms. The molecule has 5 nitrogen and oxygen atoms in total. The first-order valence-corrected chi connectivity index (χ1v) is 9.69. The van der Waals surface area contributed by atoms with E-state index in [9.17, 15) is 27.5 Å². The van der Waals surface area contributed by atoms with E-state index in [2.05, 4.69) is 10.1 Å². The molecule has 1 aliphatic heterocycles. The number of nitrogens with zero attached hydrogens (tertiary/aromatic N) is 3. The molecule has 0 radical (unpaired) electrons. The summed E-state index contributed by atoms with van der Waals surface area (Å²) in [7, 11) is 0. The van der Waals surface area contributed by atoms with Gasteiger partial charge in [0.05, 0.1) is 21.7 Å². The van der Waals surface area contributed by atoms with Gasteiger partial charge in [-0.25, -0.2) is 22.5 Å². The van der Waals surface area contributed by atoms with Crippen molar-refractivity contribution >= 4 is 33.9 Å². The number of thiophene rings is 1. The summed E-state index contributed by atoms with van der Waals surface area (Å²) in [6.45, 7) is 1.90. The summed E-state index contributed by atoms with van der Waals surface area (Å²) in [5.74, 6) is -1.11. The Hall–Kier alpha value is -2.85. The number of aryl methyl sites for hydroxylation is 1. The van der Waals surface area contributed by atoms with Gasteiger partial charge in [0, 0.05) is 16.7 Å².